The van der Waals surface area contributed by atoms with Crippen molar-refractivity contribution in [3.63, 3.8) is 0 Å². The van der Waals surface area contributed by atoms with Crippen LogP contribution in [0.4, 0.5) is 11.4 Å². The summed E-state index contributed by atoms with van der Waals surface area (Å²) < 4.78 is 50.9. The van der Waals surface area contributed by atoms with Gasteiger partial charge in [0.2, 0.25) is 31.9 Å². The molecule has 2 aromatic carbocycles. The van der Waals surface area contributed by atoms with Gasteiger partial charge in [-0.1, -0.05) is 0 Å². The normalized spacial score (nSPS) is 18.7. The highest BCUT2D eigenvalue weighted by Gasteiger charge is 2.30. The molecule has 2 N–H and O–H groups in total. The van der Waals surface area contributed by atoms with E-state index in [-0.39, 0.29) is 33.4 Å². The third kappa shape index (κ3) is 6.30. The number of anilines is 2. The van der Waals surface area contributed by atoms with Crippen LogP contribution >= 0.6 is 0 Å². The lowest BCUT2D eigenvalue weighted by Gasteiger charge is -2.27. The highest BCUT2D eigenvalue weighted by atomic mass is 32.2. The fourth-order valence-electron chi connectivity index (χ4n) is 3.95. The minimum Gasteiger partial charge on any atom is -0.326 e. The summed E-state index contributed by atoms with van der Waals surface area (Å²) in [5.74, 6) is -0.797. The maximum atomic E-state index is 12.7. The number of hydrogen-bond acceptors (Lipinski definition) is 6. The predicted molar refractivity (Wildman–Crippen MR) is 137 cm³/mol. The first-order valence-corrected chi connectivity index (χ1v) is 14.4. The summed E-state index contributed by atoms with van der Waals surface area (Å²) in [6, 6.07) is 12.0. The highest BCUT2D eigenvalue weighted by Crippen LogP contribution is 2.31. The van der Waals surface area contributed by atoms with Gasteiger partial charge in [-0.05, 0) is 74.2 Å². The van der Waals surface area contributed by atoms with Gasteiger partial charge < -0.3 is 10.6 Å². The van der Waals surface area contributed by atoms with Crippen LogP contribution in [-0.4, -0.2) is 65.5 Å². The number of nitrogens with one attached hydrogen (secondary N) is 2. The molecule has 2 aromatic rings. The van der Waals surface area contributed by atoms with Crippen LogP contribution in [0.15, 0.2) is 58.3 Å². The van der Waals surface area contributed by atoms with E-state index in [0.717, 1.165) is 8.61 Å². The van der Waals surface area contributed by atoms with Crippen molar-refractivity contribution in [2.75, 3.05) is 38.8 Å². The standard InChI is InChI=1S/C24H32N4O6S2/c1-27(2)35(31,32)21-13-9-19(10-14-21)25-23(29)17-5-7-18(8-6-17)24(30)26-20-11-15-22(16-12-20)36(33,34)28(3)4/h9-18H,5-8H2,1-4H3,(H,25,29)(H,26,30). The zero-order valence-corrected chi connectivity index (χ0v) is 22.4. The van der Waals surface area contributed by atoms with Gasteiger partial charge in [-0.25, -0.2) is 25.4 Å². The Hall–Kier alpha value is -2.80. The predicted octanol–water partition coefficient (Wildman–Crippen LogP) is 2.57. The van der Waals surface area contributed by atoms with E-state index in [4.69, 9.17) is 0 Å². The van der Waals surface area contributed by atoms with Crippen molar-refractivity contribution in [2.45, 2.75) is 35.5 Å². The largest absolute Gasteiger partial charge is 0.326 e. The van der Waals surface area contributed by atoms with Gasteiger partial charge in [-0.2, -0.15) is 0 Å². The van der Waals surface area contributed by atoms with Crippen molar-refractivity contribution in [2.24, 2.45) is 11.8 Å². The quantitative estimate of drug-likeness (QED) is 0.533. The Labute approximate surface area is 212 Å². The molecule has 1 fully saturated rings. The maximum absolute atomic E-state index is 12.7. The van der Waals surface area contributed by atoms with E-state index < -0.39 is 20.0 Å². The number of hydrogen-bond donors (Lipinski definition) is 2. The van der Waals surface area contributed by atoms with Crippen molar-refractivity contribution in [3.8, 4) is 0 Å². The molecule has 0 aromatic heterocycles. The second-order valence-electron chi connectivity index (χ2n) is 9.15. The van der Waals surface area contributed by atoms with E-state index in [1.165, 1.54) is 52.5 Å². The molecule has 196 valence electrons. The lowest BCUT2D eigenvalue weighted by atomic mass is 9.81. The first-order valence-electron chi connectivity index (χ1n) is 11.5. The molecule has 10 nitrogen and oxygen atoms in total. The summed E-state index contributed by atoms with van der Waals surface area (Å²) in [5.41, 5.74) is 1.02. The third-order valence-electron chi connectivity index (χ3n) is 6.27. The zero-order chi connectivity index (χ0) is 26.7. The Kier molecular flexibility index (Phi) is 8.55. The lowest BCUT2D eigenvalue weighted by molar-refractivity contribution is -0.125. The van der Waals surface area contributed by atoms with E-state index >= 15 is 0 Å². The van der Waals surface area contributed by atoms with Crippen LogP contribution < -0.4 is 10.6 Å². The van der Waals surface area contributed by atoms with Crippen molar-refractivity contribution in [3.05, 3.63) is 48.5 Å². The van der Waals surface area contributed by atoms with Crippen LogP contribution in [0.5, 0.6) is 0 Å². The molecule has 0 bridgehead atoms. The average molecular weight is 537 g/mol. The number of rotatable bonds is 8. The average Bonchev–Trinajstić information content (AvgIpc) is 2.84. The molecule has 0 aliphatic heterocycles. The van der Waals surface area contributed by atoms with Crippen LogP contribution in [0.25, 0.3) is 0 Å². The molecule has 0 saturated heterocycles. The van der Waals surface area contributed by atoms with E-state index in [2.05, 4.69) is 10.6 Å². The highest BCUT2D eigenvalue weighted by molar-refractivity contribution is 7.89. The van der Waals surface area contributed by atoms with Gasteiger partial charge in [0.25, 0.3) is 0 Å². The van der Waals surface area contributed by atoms with Crippen LogP contribution in [0.3, 0.4) is 0 Å². The van der Waals surface area contributed by atoms with Crippen LogP contribution in [0, 0.1) is 11.8 Å². The Bertz CT molecular complexity index is 1190. The molecule has 2 amide bonds. The van der Waals surface area contributed by atoms with Gasteiger partial charge in [-0.15, -0.1) is 0 Å². The van der Waals surface area contributed by atoms with Crippen LogP contribution in [-0.2, 0) is 29.6 Å². The minimum absolute atomic E-state index is 0.144. The SMILES string of the molecule is CN(C)S(=O)(=O)c1ccc(NC(=O)C2CCC(C(=O)Nc3ccc(S(=O)(=O)N(C)C)cc3)CC2)cc1. The molecule has 0 radical (unpaired) electrons. The van der Waals surface area contributed by atoms with Gasteiger partial charge in [-0.3, -0.25) is 9.59 Å². The summed E-state index contributed by atoms with van der Waals surface area (Å²) in [4.78, 5) is 25.7. The summed E-state index contributed by atoms with van der Waals surface area (Å²) in [7, 11) is -1.26. The Morgan fingerprint density at radius 3 is 1.14 bits per heavy atom. The molecule has 0 spiro atoms. The van der Waals surface area contributed by atoms with E-state index in [1.54, 1.807) is 24.3 Å². The Morgan fingerprint density at radius 2 is 0.889 bits per heavy atom. The molecular formula is C24H32N4O6S2. The first kappa shape index (κ1) is 27.8. The summed E-state index contributed by atoms with van der Waals surface area (Å²) in [5, 5.41) is 5.66. The van der Waals surface area contributed by atoms with Gasteiger partial charge >= 0.3 is 0 Å². The van der Waals surface area contributed by atoms with Crippen molar-refractivity contribution >= 4 is 43.2 Å². The molecule has 36 heavy (non-hydrogen) atoms. The monoisotopic (exact) mass is 536 g/mol. The van der Waals surface area contributed by atoms with E-state index in [1.807, 2.05) is 0 Å². The number of sulfonamides is 2. The van der Waals surface area contributed by atoms with E-state index in [9.17, 15) is 26.4 Å². The second kappa shape index (κ2) is 11.1. The van der Waals surface area contributed by atoms with Crippen molar-refractivity contribution in [1.29, 1.82) is 0 Å². The minimum atomic E-state index is -3.54. The van der Waals surface area contributed by atoms with E-state index in [0.29, 0.717) is 37.1 Å². The molecule has 1 aliphatic rings. The Balaban J connectivity index is 1.51. The second-order valence-corrected chi connectivity index (χ2v) is 13.5. The molecule has 0 heterocycles. The third-order valence-corrected chi connectivity index (χ3v) is 9.93. The smallest absolute Gasteiger partial charge is 0.242 e. The first-order chi connectivity index (χ1) is 16.8. The molecule has 1 saturated carbocycles. The van der Waals surface area contributed by atoms with Gasteiger partial charge in [0.1, 0.15) is 0 Å². The van der Waals surface area contributed by atoms with Crippen molar-refractivity contribution < 1.29 is 26.4 Å². The maximum Gasteiger partial charge on any atom is 0.242 e. The number of benzene rings is 2. The molecule has 12 heteroatoms. The van der Waals surface area contributed by atoms with Gasteiger partial charge in [0, 0.05) is 51.4 Å². The fourth-order valence-corrected chi connectivity index (χ4v) is 5.75. The fraction of sp³-hybridized carbons (Fsp3) is 0.417. The lowest BCUT2D eigenvalue weighted by Crippen LogP contribution is -2.32. The molecular weight excluding hydrogens is 504 g/mol. The van der Waals surface area contributed by atoms with Crippen LogP contribution in [0.2, 0.25) is 0 Å². The topological polar surface area (TPSA) is 133 Å². The molecule has 0 unspecified atom stereocenters. The Morgan fingerprint density at radius 1 is 0.611 bits per heavy atom. The molecule has 0 atom stereocenters. The number of nitrogens with zero attached hydrogens (tertiary/aromatic N) is 2. The number of carbonyl (C=O) groups excluding carboxylic acids is 2. The summed E-state index contributed by atoms with van der Waals surface area (Å²) in [6.45, 7) is 0. The summed E-state index contributed by atoms with van der Waals surface area (Å²) in [6.07, 6.45) is 2.21. The van der Waals surface area contributed by atoms with Crippen LogP contribution in [0.1, 0.15) is 25.7 Å². The number of carbonyl (C=O) groups is 2. The molecule has 1 aliphatic carbocycles. The summed E-state index contributed by atoms with van der Waals surface area (Å²) >= 11 is 0. The van der Waals surface area contributed by atoms with Crippen molar-refractivity contribution in [1.82, 2.24) is 8.61 Å². The molecule has 3 rings (SSSR count). The zero-order valence-electron chi connectivity index (χ0n) is 20.8. The van der Waals surface area contributed by atoms with Gasteiger partial charge in [0.15, 0.2) is 0 Å². The number of amides is 2. The van der Waals surface area contributed by atoms with Gasteiger partial charge in [0.05, 0.1) is 9.79 Å².